The van der Waals surface area contributed by atoms with Crippen LogP contribution in [0.3, 0.4) is 0 Å². The van der Waals surface area contributed by atoms with Crippen molar-refractivity contribution in [3.63, 3.8) is 0 Å². The standard InChI is InChI=1S/C3H7O.C3H7.Zr/c1-2-3-4;1-3-2;/h2-3H2,1H3;3H,1-2H3;/q-1;;+1. The van der Waals surface area contributed by atoms with Gasteiger partial charge in [-0.05, 0) is 0 Å². The van der Waals surface area contributed by atoms with Crippen LogP contribution in [-0.2, 0) is 26.5 Å². The van der Waals surface area contributed by atoms with Crippen molar-refractivity contribution in [2.75, 3.05) is 6.61 Å². The van der Waals surface area contributed by atoms with E-state index in [1.807, 2.05) is 0 Å². The van der Waals surface area contributed by atoms with Crippen LogP contribution in [0.4, 0.5) is 0 Å². The second kappa shape index (κ2) is 5.97. The Hall–Kier alpha value is 0.843. The summed E-state index contributed by atoms with van der Waals surface area (Å²) in [4.78, 5) is 0. The zero-order valence-electron chi connectivity index (χ0n) is 5.90. The summed E-state index contributed by atoms with van der Waals surface area (Å²) < 4.78 is 6.27. The quantitative estimate of drug-likeness (QED) is 0.622. The summed E-state index contributed by atoms with van der Waals surface area (Å²) in [5, 5.41) is 0. The van der Waals surface area contributed by atoms with Crippen LogP contribution in [0, 0.1) is 0 Å². The molecule has 0 radical (unpaired) electrons. The van der Waals surface area contributed by atoms with Gasteiger partial charge in [-0.3, -0.25) is 0 Å². The summed E-state index contributed by atoms with van der Waals surface area (Å²) in [6, 6.07) is 0. The van der Waals surface area contributed by atoms with Crippen LogP contribution in [0.15, 0.2) is 0 Å². The van der Waals surface area contributed by atoms with Crippen molar-refractivity contribution < 1.29 is 26.5 Å². The van der Waals surface area contributed by atoms with E-state index in [0.717, 1.165) is 10.2 Å². The van der Waals surface area contributed by atoms with Gasteiger partial charge in [-0.2, -0.15) is 0 Å². The van der Waals surface area contributed by atoms with Crippen molar-refractivity contribution in [2.24, 2.45) is 0 Å². The Kier molecular flexibility index (Phi) is 6.60. The maximum atomic E-state index is 5.41. The van der Waals surface area contributed by atoms with Crippen molar-refractivity contribution in [3.8, 4) is 0 Å². The van der Waals surface area contributed by atoms with Gasteiger partial charge in [-0.15, -0.1) is 0 Å². The molecule has 0 N–H and O–H groups in total. The van der Waals surface area contributed by atoms with E-state index in [9.17, 15) is 0 Å². The Morgan fingerprint density at radius 2 is 2.12 bits per heavy atom. The van der Waals surface area contributed by atoms with Gasteiger partial charge < -0.3 is 0 Å². The molecular formula is C6H14OZr. The zero-order valence-corrected chi connectivity index (χ0v) is 8.36. The van der Waals surface area contributed by atoms with Gasteiger partial charge in [0.2, 0.25) is 0 Å². The topological polar surface area (TPSA) is 9.23 Å². The minimum atomic E-state index is -0.406. The number of rotatable bonds is 4. The van der Waals surface area contributed by atoms with E-state index >= 15 is 0 Å². The Balaban J connectivity index is 2.72. The van der Waals surface area contributed by atoms with Crippen molar-refractivity contribution in [1.29, 1.82) is 0 Å². The third-order valence-corrected chi connectivity index (χ3v) is 2.70. The molecule has 0 saturated carbocycles. The van der Waals surface area contributed by atoms with Crippen molar-refractivity contribution in [2.45, 2.75) is 30.8 Å². The first-order valence-electron chi connectivity index (χ1n) is 3.14. The van der Waals surface area contributed by atoms with Crippen molar-refractivity contribution in [3.05, 3.63) is 0 Å². The molecule has 0 aliphatic rings. The van der Waals surface area contributed by atoms with E-state index in [4.69, 9.17) is 2.81 Å². The monoisotopic (exact) mass is 192 g/mol. The fourth-order valence-electron chi connectivity index (χ4n) is 0.328. The molecule has 0 fully saturated rings. The third-order valence-electron chi connectivity index (χ3n) is 0.625. The van der Waals surface area contributed by atoms with E-state index in [0.29, 0.717) is 0 Å². The molecule has 0 aromatic carbocycles. The second-order valence-corrected chi connectivity index (χ2v) is 6.25. The van der Waals surface area contributed by atoms with Crippen LogP contribution in [-0.4, -0.2) is 6.61 Å². The Morgan fingerprint density at radius 3 is 2.50 bits per heavy atom. The Labute approximate surface area is 64.0 Å². The molecule has 0 aliphatic heterocycles. The van der Waals surface area contributed by atoms with Crippen LogP contribution < -0.4 is 0 Å². The molecule has 48 valence electrons. The van der Waals surface area contributed by atoms with Gasteiger partial charge in [-0.25, -0.2) is 0 Å². The summed E-state index contributed by atoms with van der Waals surface area (Å²) >= 11 is -0.406. The summed E-state index contributed by atoms with van der Waals surface area (Å²) in [5.74, 6) is 0. The predicted molar refractivity (Wildman–Crippen MR) is 31.3 cm³/mol. The van der Waals surface area contributed by atoms with Crippen LogP contribution in [0.1, 0.15) is 27.2 Å². The van der Waals surface area contributed by atoms with Crippen LogP contribution >= 0.6 is 0 Å². The van der Waals surface area contributed by atoms with Gasteiger partial charge in [0, 0.05) is 0 Å². The molecule has 0 rings (SSSR count). The van der Waals surface area contributed by atoms with E-state index in [1.54, 1.807) is 0 Å². The summed E-state index contributed by atoms with van der Waals surface area (Å²) in [5.41, 5.74) is 0. The Bertz CT molecular complexity index is 45.8. The van der Waals surface area contributed by atoms with Gasteiger partial charge in [0.25, 0.3) is 0 Å². The van der Waals surface area contributed by atoms with Gasteiger partial charge in [0.1, 0.15) is 0 Å². The first-order chi connectivity index (χ1) is 3.77. The SMILES string of the molecule is CCC[O][Zr][CH](C)C. The molecule has 2 heteroatoms. The summed E-state index contributed by atoms with van der Waals surface area (Å²) in [6.07, 6.45) is 1.17. The Morgan fingerprint density at radius 1 is 1.50 bits per heavy atom. The number of hydrogen-bond donors (Lipinski definition) is 0. The second-order valence-electron chi connectivity index (χ2n) is 2.12. The molecule has 0 bridgehead atoms. The van der Waals surface area contributed by atoms with E-state index in [-0.39, 0.29) is 0 Å². The average molecular weight is 193 g/mol. The molecule has 0 amide bonds. The molecule has 0 aromatic heterocycles. The van der Waals surface area contributed by atoms with Gasteiger partial charge in [-0.1, -0.05) is 0 Å². The van der Waals surface area contributed by atoms with Crippen LogP contribution in [0.5, 0.6) is 0 Å². The minimum absolute atomic E-state index is 0.406. The van der Waals surface area contributed by atoms with E-state index < -0.39 is 23.7 Å². The normalized spacial score (nSPS) is 10.0. The first-order valence-corrected chi connectivity index (χ1v) is 5.57. The molecule has 0 saturated heterocycles. The van der Waals surface area contributed by atoms with E-state index in [1.165, 1.54) is 6.42 Å². The van der Waals surface area contributed by atoms with Gasteiger partial charge >= 0.3 is 63.9 Å². The molecule has 0 aromatic rings. The average Bonchev–Trinajstić information content (AvgIpc) is 1.66. The van der Waals surface area contributed by atoms with Crippen LogP contribution in [0.25, 0.3) is 0 Å². The summed E-state index contributed by atoms with van der Waals surface area (Å²) in [7, 11) is 0. The zero-order chi connectivity index (χ0) is 6.41. The molecule has 8 heavy (non-hydrogen) atoms. The molecule has 0 heterocycles. The first kappa shape index (κ1) is 8.84. The predicted octanol–water partition coefficient (Wildman–Crippen LogP) is 2.24. The van der Waals surface area contributed by atoms with Gasteiger partial charge in [0.15, 0.2) is 0 Å². The number of hydrogen-bond acceptors (Lipinski definition) is 1. The fourth-order valence-corrected chi connectivity index (χ4v) is 1.94. The molecule has 1 nitrogen and oxygen atoms in total. The maximum absolute atomic E-state index is 5.41. The molecule has 0 atom stereocenters. The third kappa shape index (κ3) is 6.84. The molecule has 0 spiro atoms. The molecular weight excluding hydrogens is 179 g/mol. The summed E-state index contributed by atoms with van der Waals surface area (Å²) in [6.45, 7) is 7.62. The van der Waals surface area contributed by atoms with Gasteiger partial charge in [0.05, 0.1) is 0 Å². The molecule has 0 aliphatic carbocycles. The van der Waals surface area contributed by atoms with Crippen molar-refractivity contribution in [1.82, 2.24) is 0 Å². The fraction of sp³-hybridized carbons (Fsp3) is 1.00. The molecule has 0 unspecified atom stereocenters. The van der Waals surface area contributed by atoms with Crippen molar-refractivity contribution >= 4 is 0 Å². The van der Waals surface area contributed by atoms with E-state index in [2.05, 4.69) is 20.8 Å². The van der Waals surface area contributed by atoms with Crippen LogP contribution in [0.2, 0.25) is 3.63 Å².